The third-order valence-electron chi connectivity index (χ3n) is 7.95. The van der Waals surface area contributed by atoms with Crippen LogP contribution in [0.3, 0.4) is 0 Å². The minimum absolute atomic E-state index is 0.339. The molecule has 0 aliphatic rings. The maximum atomic E-state index is 6.57. The van der Waals surface area contributed by atoms with Gasteiger partial charge in [-0.25, -0.2) is 44.9 Å². The Balaban J connectivity index is 1.24. The van der Waals surface area contributed by atoms with Crippen LogP contribution in [-0.2, 0) is 7.05 Å². The molecule has 8 aromatic rings. The number of H-pyrrole nitrogens is 1. The summed E-state index contributed by atoms with van der Waals surface area (Å²) in [6, 6.07) is 16.3. The monoisotopic (exact) mass is 700 g/mol. The van der Waals surface area contributed by atoms with Crippen LogP contribution in [0.15, 0.2) is 79.4 Å². The number of imidazole rings is 2. The fraction of sp³-hybridized carbons (Fsp3) is 0.0882. The van der Waals surface area contributed by atoms with Crippen molar-refractivity contribution in [2.24, 2.45) is 7.05 Å². The molecule has 8 rings (SSSR count). The van der Waals surface area contributed by atoms with E-state index in [9.17, 15) is 0 Å². The minimum atomic E-state index is 0.339. The van der Waals surface area contributed by atoms with Crippen molar-refractivity contribution >= 4 is 68.5 Å². The molecule has 0 unspecified atom stereocenters. The number of fused-ring (bicyclic) bond motifs is 2. The maximum Gasteiger partial charge on any atom is 0.182 e. The Morgan fingerprint density at radius 3 is 2.40 bits per heavy atom. The van der Waals surface area contributed by atoms with E-state index in [1.54, 1.807) is 60.1 Å². The highest BCUT2D eigenvalue weighted by Gasteiger charge is 2.23. The Bertz CT molecular complexity index is 2540. The van der Waals surface area contributed by atoms with Gasteiger partial charge in [0.1, 0.15) is 45.8 Å². The Labute approximate surface area is 294 Å². The molecule has 4 N–H and O–H groups in total. The number of benzene rings is 1. The zero-order chi connectivity index (χ0) is 34.5. The van der Waals surface area contributed by atoms with Gasteiger partial charge in [0, 0.05) is 49.7 Å². The standard InChI is InChI=1S/C34H26Cl2N14/c1-17-16-25(43-18(2)42-17)50(34-27-22(9-13-41-34)44-31(46-27)19-6-5-12-39-30(19)37)48-24-11-15-40-32(45-24)29-28-23(10-14-38-29)49(3)33(47-28)26-20(35)7-4-8-21(26)36/h4-16H,1-3H3,(H2,37,39)(H,44,46)(H,40,45,48). The van der Waals surface area contributed by atoms with Gasteiger partial charge in [-0.15, -0.1) is 0 Å². The van der Waals surface area contributed by atoms with Gasteiger partial charge in [0.15, 0.2) is 17.5 Å². The van der Waals surface area contributed by atoms with Crippen molar-refractivity contribution in [1.29, 1.82) is 0 Å². The van der Waals surface area contributed by atoms with Gasteiger partial charge in [-0.3, -0.25) is 10.4 Å². The van der Waals surface area contributed by atoms with Gasteiger partial charge in [0.05, 0.1) is 32.2 Å². The first-order valence-corrected chi connectivity index (χ1v) is 16.0. The van der Waals surface area contributed by atoms with Crippen LogP contribution in [0.5, 0.6) is 0 Å². The summed E-state index contributed by atoms with van der Waals surface area (Å²) in [4.78, 5) is 45.4. The summed E-state index contributed by atoms with van der Waals surface area (Å²) >= 11 is 13.1. The SMILES string of the molecule is Cc1cc(N(Nc2ccnc(-c3nccc4c3nc(-c3c(Cl)cccc3Cl)n4C)n2)c2nccc3[nH]c(-c4cccnc4N)nc23)nc(C)n1. The number of nitrogens with zero attached hydrogens (tertiary/aromatic N) is 11. The molecule has 0 saturated carbocycles. The number of nitrogens with one attached hydrogen (secondary N) is 2. The first kappa shape index (κ1) is 31.0. The summed E-state index contributed by atoms with van der Waals surface area (Å²) < 4.78 is 1.92. The summed E-state index contributed by atoms with van der Waals surface area (Å²) in [7, 11) is 1.90. The quantitative estimate of drug-likeness (QED) is 0.147. The fourth-order valence-electron chi connectivity index (χ4n) is 5.73. The molecule has 7 aromatic heterocycles. The molecule has 0 bridgehead atoms. The van der Waals surface area contributed by atoms with Crippen LogP contribution in [0.4, 0.5) is 23.3 Å². The normalized spacial score (nSPS) is 11.4. The summed E-state index contributed by atoms with van der Waals surface area (Å²) in [5.74, 6) is 3.81. The number of hydrogen-bond donors (Lipinski definition) is 3. The molecular formula is C34H26Cl2N14. The smallest absolute Gasteiger partial charge is 0.182 e. The van der Waals surface area contributed by atoms with Gasteiger partial charge in [-0.1, -0.05) is 29.3 Å². The number of hydrazine groups is 1. The number of hydrogen-bond acceptors (Lipinski definition) is 12. The third kappa shape index (κ3) is 5.45. The zero-order valence-electron chi connectivity index (χ0n) is 26.8. The summed E-state index contributed by atoms with van der Waals surface area (Å²) in [6.07, 6.45) is 6.64. The van der Waals surface area contributed by atoms with E-state index in [1.807, 2.05) is 49.7 Å². The molecule has 0 atom stereocenters. The Hall–Kier alpha value is -6.25. The number of nitrogen functional groups attached to an aromatic ring is 1. The summed E-state index contributed by atoms with van der Waals surface area (Å²) in [6.45, 7) is 3.72. The summed E-state index contributed by atoms with van der Waals surface area (Å²) in [5.41, 5.74) is 14.8. The average molecular weight is 702 g/mol. The molecule has 0 fully saturated rings. The zero-order valence-corrected chi connectivity index (χ0v) is 28.3. The number of aryl methyl sites for hydroxylation is 3. The lowest BCUT2D eigenvalue weighted by Gasteiger charge is -2.24. The summed E-state index contributed by atoms with van der Waals surface area (Å²) in [5, 5.41) is 2.68. The van der Waals surface area contributed by atoms with Crippen LogP contribution in [0, 0.1) is 13.8 Å². The van der Waals surface area contributed by atoms with E-state index < -0.39 is 0 Å². The largest absolute Gasteiger partial charge is 0.383 e. The lowest BCUT2D eigenvalue weighted by molar-refractivity contribution is 0.959. The highest BCUT2D eigenvalue weighted by Crippen LogP contribution is 2.37. The number of aromatic nitrogens is 11. The number of pyridine rings is 3. The van der Waals surface area contributed by atoms with Crippen LogP contribution < -0.4 is 16.2 Å². The van der Waals surface area contributed by atoms with Crippen molar-refractivity contribution < 1.29 is 0 Å². The molecule has 1 aromatic carbocycles. The highest BCUT2D eigenvalue weighted by atomic mass is 35.5. The molecule has 7 heterocycles. The lowest BCUT2D eigenvalue weighted by atomic mass is 10.2. The van der Waals surface area contributed by atoms with Crippen LogP contribution in [0.25, 0.3) is 56.4 Å². The van der Waals surface area contributed by atoms with Crippen molar-refractivity contribution in [3.8, 4) is 34.3 Å². The highest BCUT2D eigenvalue weighted by molar-refractivity contribution is 6.39. The second-order valence-corrected chi connectivity index (χ2v) is 12.1. The third-order valence-corrected chi connectivity index (χ3v) is 8.58. The molecule has 0 aliphatic carbocycles. The van der Waals surface area contributed by atoms with Gasteiger partial charge in [0.2, 0.25) is 0 Å². The molecule has 16 heteroatoms. The van der Waals surface area contributed by atoms with Crippen LogP contribution in [-0.4, -0.2) is 54.4 Å². The van der Waals surface area contributed by atoms with E-state index in [0.29, 0.717) is 84.5 Å². The Morgan fingerprint density at radius 2 is 1.60 bits per heavy atom. The molecular weight excluding hydrogens is 675 g/mol. The maximum absolute atomic E-state index is 6.57. The van der Waals surface area contributed by atoms with E-state index in [-0.39, 0.29) is 0 Å². The first-order valence-electron chi connectivity index (χ1n) is 15.3. The van der Waals surface area contributed by atoms with Crippen molar-refractivity contribution in [2.45, 2.75) is 13.8 Å². The molecule has 0 radical (unpaired) electrons. The van der Waals surface area contributed by atoms with E-state index in [4.69, 9.17) is 53.9 Å². The molecule has 0 spiro atoms. The average Bonchev–Trinajstić information content (AvgIpc) is 3.68. The van der Waals surface area contributed by atoms with Gasteiger partial charge in [-0.05, 0) is 50.2 Å². The predicted molar refractivity (Wildman–Crippen MR) is 194 cm³/mol. The van der Waals surface area contributed by atoms with Gasteiger partial charge < -0.3 is 15.3 Å². The van der Waals surface area contributed by atoms with Crippen molar-refractivity contribution in [3.63, 3.8) is 0 Å². The predicted octanol–water partition coefficient (Wildman–Crippen LogP) is 6.89. The van der Waals surface area contributed by atoms with E-state index in [0.717, 1.165) is 16.7 Å². The van der Waals surface area contributed by atoms with Gasteiger partial charge >= 0.3 is 0 Å². The van der Waals surface area contributed by atoms with Crippen molar-refractivity contribution in [3.05, 3.63) is 101 Å². The minimum Gasteiger partial charge on any atom is -0.383 e. The van der Waals surface area contributed by atoms with Crippen LogP contribution in [0.2, 0.25) is 10.0 Å². The van der Waals surface area contributed by atoms with Crippen molar-refractivity contribution in [2.75, 3.05) is 16.2 Å². The molecule has 246 valence electrons. The lowest BCUT2D eigenvalue weighted by Crippen LogP contribution is -2.28. The topological polar surface area (TPSA) is 178 Å². The Morgan fingerprint density at radius 1 is 0.800 bits per heavy atom. The number of anilines is 4. The first-order chi connectivity index (χ1) is 24.2. The van der Waals surface area contributed by atoms with Crippen molar-refractivity contribution in [1.82, 2.24) is 54.4 Å². The van der Waals surface area contributed by atoms with Crippen LogP contribution in [0.1, 0.15) is 11.5 Å². The molecule has 0 saturated heterocycles. The molecule has 50 heavy (non-hydrogen) atoms. The Kier molecular flexibility index (Phi) is 7.65. The second-order valence-electron chi connectivity index (χ2n) is 11.3. The van der Waals surface area contributed by atoms with E-state index >= 15 is 0 Å². The number of aromatic amines is 1. The van der Waals surface area contributed by atoms with Gasteiger partial charge in [-0.2, -0.15) is 0 Å². The second kappa shape index (κ2) is 12.3. The fourth-order valence-corrected chi connectivity index (χ4v) is 6.30. The molecule has 14 nitrogen and oxygen atoms in total. The number of nitrogens with two attached hydrogens (primary N) is 1. The van der Waals surface area contributed by atoms with Gasteiger partial charge in [0.25, 0.3) is 0 Å². The molecule has 0 aliphatic heterocycles. The number of halogens is 2. The van der Waals surface area contributed by atoms with E-state index in [2.05, 4.69) is 30.3 Å². The number of rotatable bonds is 7. The molecule has 0 amide bonds. The van der Waals surface area contributed by atoms with Crippen LogP contribution >= 0.6 is 23.2 Å². The van der Waals surface area contributed by atoms with E-state index in [1.165, 1.54) is 0 Å².